The van der Waals surface area contributed by atoms with E-state index < -0.39 is 0 Å². The second kappa shape index (κ2) is 5.78. The van der Waals surface area contributed by atoms with Gasteiger partial charge in [0, 0.05) is 18.8 Å². The Bertz CT molecular complexity index is 320. The molecular weight excluding hydrogens is 214 g/mol. The first-order valence-electron chi connectivity index (χ1n) is 4.88. The van der Waals surface area contributed by atoms with Gasteiger partial charge in [0.2, 0.25) is 0 Å². The number of nitrogen functional groups attached to an aromatic ring is 1. The normalized spacial score (nSPS) is 12.5. The van der Waals surface area contributed by atoms with Gasteiger partial charge in [-0.2, -0.15) is 0 Å². The predicted molar refractivity (Wildman–Crippen MR) is 63.2 cm³/mol. The van der Waals surface area contributed by atoms with Crippen LogP contribution in [0.2, 0.25) is 5.02 Å². The van der Waals surface area contributed by atoms with E-state index in [9.17, 15) is 0 Å². The minimum atomic E-state index is 0.168. The van der Waals surface area contributed by atoms with Crippen LogP contribution in [0.3, 0.4) is 0 Å². The molecule has 1 aromatic rings. The van der Waals surface area contributed by atoms with Crippen molar-refractivity contribution in [2.45, 2.75) is 19.9 Å². The summed E-state index contributed by atoms with van der Waals surface area (Å²) in [5.41, 5.74) is 6.30. The summed E-state index contributed by atoms with van der Waals surface area (Å²) >= 11 is 5.74. The summed E-state index contributed by atoms with van der Waals surface area (Å²) in [4.78, 5) is 4.10. The highest BCUT2D eigenvalue weighted by molar-refractivity contribution is 6.30. The SMILES string of the molecule is CCOCC(C)Nc1ncc(Cl)cc1N. The molecular formula is C10H16ClN3O. The number of nitrogens with zero attached hydrogens (tertiary/aromatic N) is 1. The standard InChI is InChI=1S/C10H16ClN3O/c1-3-15-6-7(2)14-10-9(12)4-8(11)5-13-10/h4-5,7H,3,6,12H2,1-2H3,(H,13,14). The van der Waals surface area contributed by atoms with Gasteiger partial charge in [-0.3, -0.25) is 0 Å². The number of hydrogen-bond donors (Lipinski definition) is 2. The zero-order valence-corrected chi connectivity index (χ0v) is 9.71. The highest BCUT2D eigenvalue weighted by Gasteiger charge is 2.06. The molecule has 0 amide bonds. The summed E-state index contributed by atoms with van der Waals surface area (Å²) in [5.74, 6) is 0.645. The third kappa shape index (κ3) is 3.93. The minimum Gasteiger partial charge on any atom is -0.396 e. The Hall–Kier alpha value is -1.00. The van der Waals surface area contributed by atoms with Gasteiger partial charge in [0.1, 0.15) is 5.82 Å². The number of nitrogens with one attached hydrogen (secondary N) is 1. The van der Waals surface area contributed by atoms with Gasteiger partial charge in [-0.15, -0.1) is 0 Å². The smallest absolute Gasteiger partial charge is 0.149 e. The number of ether oxygens (including phenoxy) is 1. The fraction of sp³-hybridized carbons (Fsp3) is 0.500. The van der Waals surface area contributed by atoms with E-state index in [-0.39, 0.29) is 6.04 Å². The second-order valence-electron chi connectivity index (χ2n) is 3.30. The summed E-state index contributed by atoms with van der Waals surface area (Å²) < 4.78 is 5.27. The molecule has 1 unspecified atom stereocenters. The van der Waals surface area contributed by atoms with Crippen LogP contribution < -0.4 is 11.1 Å². The lowest BCUT2D eigenvalue weighted by atomic mass is 10.3. The van der Waals surface area contributed by atoms with Crippen LogP contribution >= 0.6 is 11.6 Å². The van der Waals surface area contributed by atoms with Crippen molar-refractivity contribution in [1.82, 2.24) is 4.98 Å². The van der Waals surface area contributed by atoms with Crippen molar-refractivity contribution in [1.29, 1.82) is 0 Å². The third-order valence-corrected chi connectivity index (χ3v) is 2.05. The Morgan fingerprint density at radius 2 is 2.40 bits per heavy atom. The van der Waals surface area contributed by atoms with Gasteiger partial charge in [-0.05, 0) is 19.9 Å². The van der Waals surface area contributed by atoms with E-state index in [2.05, 4.69) is 10.3 Å². The van der Waals surface area contributed by atoms with E-state index in [1.807, 2.05) is 13.8 Å². The maximum atomic E-state index is 5.75. The molecule has 0 fully saturated rings. The molecule has 0 aromatic carbocycles. The van der Waals surface area contributed by atoms with E-state index in [0.717, 1.165) is 0 Å². The predicted octanol–water partition coefficient (Wildman–Crippen LogP) is 2.15. The van der Waals surface area contributed by atoms with Crippen LogP contribution in [0.1, 0.15) is 13.8 Å². The zero-order valence-electron chi connectivity index (χ0n) is 8.96. The van der Waals surface area contributed by atoms with Gasteiger partial charge in [0.25, 0.3) is 0 Å². The van der Waals surface area contributed by atoms with Crippen LogP contribution in [-0.2, 0) is 4.74 Å². The molecule has 3 N–H and O–H groups in total. The maximum absolute atomic E-state index is 5.75. The number of pyridine rings is 1. The van der Waals surface area contributed by atoms with Crippen molar-refractivity contribution in [2.75, 3.05) is 24.3 Å². The summed E-state index contributed by atoms with van der Waals surface area (Å²) in [6, 6.07) is 1.84. The van der Waals surface area contributed by atoms with Crippen molar-refractivity contribution in [3.8, 4) is 0 Å². The number of aromatic nitrogens is 1. The molecule has 84 valence electrons. The van der Waals surface area contributed by atoms with Crippen LogP contribution in [0.5, 0.6) is 0 Å². The summed E-state index contributed by atoms with van der Waals surface area (Å²) in [6.07, 6.45) is 1.56. The molecule has 15 heavy (non-hydrogen) atoms. The average Bonchev–Trinajstić information content (AvgIpc) is 2.19. The molecule has 1 atom stereocenters. The summed E-state index contributed by atoms with van der Waals surface area (Å²) in [5, 5.41) is 3.69. The van der Waals surface area contributed by atoms with E-state index in [4.69, 9.17) is 22.1 Å². The summed E-state index contributed by atoms with van der Waals surface area (Å²) in [6.45, 7) is 5.29. The molecule has 1 rings (SSSR count). The van der Waals surface area contributed by atoms with Crippen molar-refractivity contribution < 1.29 is 4.74 Å². The number of rotatable bonds is 5. The van der Waals surface area contributed by atoms with E-state index in [0.29, 0.717) is 29.7 Å². The average molecular weight is 230 g/mol. The molecule has 1 heterocycles. The molecule has 1 aromatic heterocycles. The molecule has 0 aliphatic carbocycles. The summed E-state index contributed by atoms with van der Waals surface area (Å²) in [7, 11) is 0. The van der Waals surface area contributed by atoms with Crippen molar-refractivity contribution >= 4 is 23.1 Å². The van der Waals surface area contributed by atoms with E-state index in [1.165, 1.54) is 0 Å². The van der Waals surface area contributed by atoms with Crippen molar-refractivity contribution in [3.63, 3.8) is 0 Å². The molecule has 0 spiro atoms. The molecule has 0 aliphatic heterocycles. The zero-order chi connectivity index (χ0) is 11.3. The number of halogens is 1. The van der Waals surface area contributed by atoms with Crippen LogP contribution in [0.15, 0.2) is 12.3 Å². The van der Waals surface area contributed by atoms with Gasteiger partial charge in [-0.25, -0.2) is 4.98 Å². The Labute approximate surface area is 94.8 Å². The van der Waals surface area contributed by atoms with Gasteiger partial charge in [0.05, 0.1) is 17.3 Å². The Morgan fingerprint density at radius 1 is 1.67 bits per heavy atom. The first-order valence-corrected chi connectivity index (χ1v) is 5.26. The Kier molecular flexibility index (Phi) is 4.65. The molecule has 0 saturated carbocycles. The molecule has 0 bridgehead atoms. The van der Waals surface area contributed by atoms with Crippen LogP contribution in [0, 0.1) is 0 Å². The van der Waals surface area contributed by atoms with Crippen molar-refractivity contribution in [3.05, 3.63) is 17.3 Å². The Morgan fingerprint density at radius 3 is 3.00 bits per heavy atom. The second-order valence-corrected chi connectivity index (χ2v) is 3.73. The number of hydrogen-bond acceptors (Lipinski definition) is 4. The number of anilines is 2. The first-order chi connectivity index (χ1) is 7.13. The lowest BCUT2D eigenvalue weighted by molar-refractivity contribution is 0.141. The van der Waals surface area contributed by atoms with Gasteiger partial charge in [-0.1, -0.05) is 11.6 Å². The lowest BCUT2D eigenvalue weighted by Crippen LogP contribution is -2.22. The molecule has 4 nitrogen and oxygen atoms in total. The maximum Gasteiger partial charge on any atom is 0.149 e. The lowest BCUT2D eigenvalue weighted by Gasteiger charge is -2.15. The Balaban J connectivity index is 2.56. The minimum absolute atomic E-state index is 0.168. The highest BCUT2D eigenvalue weighted by Crippen LogP contribution is 2.19. The largest absolute Gasteiger partial charge is 0.396 e. The molecule has 5 heteroatoms. The van der Waals surface area contributed by atoms with Crippen LogP contribution in [0.25, 0.3) is 0 Å². The van der Waals surface area contributed by atoms with Crippen molar-refractivity contribution in [2.24, 2.45) is 0 Å². The van der Waals surface area contributed by atoms with Crippen LogP contribution in [-0.4, -0.2) is 24.2 Å². The fourth-order valence-electron chi connectivity index (χ4n) is 1.15. The van der Waals surface area contributed by atoms with E-state index in [1.54, 1.807) is 12.3 Å². The number of nitrogens with two attached hydrogens (primary N) is 1. The third-order valence-electron chi connectivity index (χ3n) is 1.84. The topological polar surface area (TPSA) is 60.2 Å². The highest BCUT2D eigenvalue weighted by atomic mass is 35.5. The monoisotopic (exact) mass is 229 g/mol. The fourth-order valence-corrected chi connectivity index (χ4v) is 1.31. The van der Waals surface area contributed by atoms with Gasteiger partial charge < -0.3 is 15.8 Å². The molecule has 0 radical (unpaired) electrons. The molecule has 0 aliphatic rings. The van der Waals surface area contributed by atoms with Gasteiger partial charge >= 0.3 is 0 Å². The van der Waals surface area contributed by atoms with Crippen LogP contribution in [0.4, 0.5) is 11.5 Å². The molecule has 0 saturated heterocycles. The van der Waals surface area contributed by atoms with Gasteiger partial charge in [0.15, 0.2) is 0 Å². The van der Waals surface area contributed by atoms with E-state index >= 15 is 0 Å². The quantitative estimate of drug-likeness (QED) is 0.812. The first kappa shape index (κ1) is 12.1.